The smallest absolute Gasteiger partial charge is 0.264 e. The zero-order chi connectivity index (χ0) is 31.7. The van der Waals surface area contributed by atoms with Gasteiger partial charge in [0.1, 0.15) is 18.3 Å². The largest absolute Gasteiger partial charge is 0.497 e. The molecular weight excluding hydrogens is 598 g/mol. The number of anilines is 1. The van der Waals surface area contributed by atoms with Crippen molar-refractivity contribution >= 4 is 39.1 Å². The van der Waals surface area contributed by atoms with Gasteiger partial charge in [-0.2, -0.15) is 0 Å². The number of carbonyl (C=O) groups excluding carboxylic acids is 2. The zero-order valence-corrected chi connectivity index (χ0v) is 26.5. The minimum atomic E-state index is -4.20. The Morgan fingerprint density at radius 2 is 1.48 bits per heavy atom. The van der Waals surface area contributed by atoms with Crippen LogP contribution in [0.1, 0.15) is 25.0 Å². The summed E-state index contributed by atoms with van der Waals surface area (Å²) in [6.45, 7) is 3.16. The summed E-state index contributed by atoms with van der Waals surface area (Å²) in [7, 11) is -2.65. The van der Waals surface area contributed by atoms with E-state index in [1.807, 2.05) is 50.2 Å². The molecule has 8 nitrogen and oxygen atoms in total. The molecule has 44 heavy (non-hydrogen) atoms. The van der Waals surface area contributed by atoms with Gasteiger partial charge in [-0.3, -0.25) is 13.9 Å². The first-order valence-electron chi connectivity index (χ1n) is 14.2. The second kappa shape index (κ2) is 14.9. The molecule has 1 unspecified atom stereocenters. The summed E-state index contributed by atoms with van der Waals surface area (Å²) in [4.78, 5) is 29.7. The molecule has 4 rings (SSSR count). The van der Waals surface area contributed by atoms with Gasteiger partial charge < -0.3 is 15.0 Å². The number of benzene rings is 4. The van der Waals surface area contributed by atoms with Crippen molar-refractivity contribution in [3.8, 4) is 5.75 Å². The molecule has 4 aromatic rings. The van der Waals surface area contributed by atoms with Crippen molar-refractivity contribution in [3.05, 3.63) is 125 Å². The number of sulfonamides is 1. The molecule has 0 radical (unpaired) electrons. The predicted molar refractivity (Wildman–Crippen MR) is 173 cm³/mol. The third-order valence-electron chi connectivity index (χ3n) is 6.90. The molecule has 0 saturated carbocycles. The number of hydrogen-bond donors (Lipinski definition) is 1. The van der Waals surface area contributed by atoms with Crippen molar-refractivity contribution in [2.24, 2.45) is 0 Å². The number of ether oxygens (including phenoxy) is 1. The van der Waals surface area contributed by atoms with Gasteiger partial charge >= 0.3 is 0 Å². The summed E-state index contributed by atoms with van der Waals surface area (Å²) < 4.78 is 34.4. The van der Waals surface area contributed by atoms with Crippen LogP contribution in [0.4, 0.5) is 5.69 Å². The number of rotatable bonds is 13. The maximum atomic E-state index is 14.4. The first-order valence-corrected chi connectivity index (χ1v) is 16.0. The third-order valence-corrected chi connectivity index (χ3v) is 8.92. The van der Waals surface area contributed by atoms with Gasteiger partial charge in [0.15, 0.2) is 0 Å². The molecule has 0 spiro atoms. The lowest BCUT2D eigenvalue weighted by Crippen LogP contribution is -2.54. The van der Waals surface area contributed by atoms with E-state index in [1.54, 1.807) is 61.7 Å². The van der Waals surface area contributed by atoms with Crippen LogP contribution >= 0.6 is 11.6 Å². The lowest BCUT2D eigenvalue weighted by molar-refractivity contribution is -0.140. The normalized spacial score (nSPS) is 11.9. The Bertz CT molecular complexity index is 1670. The number of amides is 2. The fraction of sp³-hybridized carbons (Fsp3) is 0.235. The number of nitrogens with one attached hydrogen (secondary N) is 1. The standard InChI is InChI=1S/C34H36ClN3O5S/c1-25(2)36-34(40)32(21-26-12-6-4-7-13-26)37(23-27-14-10-17-30(20-27)43-3)33(39)24-38(29-16-11-15-28(35)22-29)44(41,42)31-18-8-5-9-19-31/h4-20,22,25,32H,21,23-24H2,1-3H3,(H,36,40). The number of halogens is 1. The van der Waals surface area contributed by atoms with Gasteiger partial charge in [0.2, 0.25) is 11.8 Å². The van der Waals surface area contributed by atoms with E-state index in [0.717, 1.165) is 9.87 Å². The van der Waals surface area contributed by atoms with Crippen LogP contribution in [0.3, 0.4) is 0 Å². The van der Waals surface area contributed by atoms with Crippen molar-refractivity contribution < 1.29 is 22.7 Å². The molecule has 0 aliphatic carbocycles. The van der Waals surface area contributed by atoms with E-state index in [-0.39, 0.29) is 35.5 Å². The van der Waals surface area contributed by atoms with Crippen LogP contribution in [0.25, 0.3) is 0 Å². The molecule has 0 aliphatic rings. The number of nitrogens with zero attached hydrogens (tertiary/aromatic N) is 2. The SMILES string of the molecule is COc1cccc(CN(C(=O)CN(c2cccc(Cl)c2)S(=O)(=O)c2ccccc2)C(Cc2ccccc2)C(=O)NC(C)C)c1. The highest BCUT2D eigenvalue weighted by Gasteiger charge is 2.35. The third kappa shape index (κ3) is 8.39. The molecule has 4 aromatic carbocycles. The summed E-state index contributed by atoms with van der Waals surface area (Å²) >= 11 is 6.27. The molecule has 1 atom stereocenters. The minimum Gasteiger partial charge on any atom is -0.497 e. The van der Waals surface area contributed by atoms with Gasteiger partial charge in [-0.25, -0.2) is 8.42 Å². The highest BCUT2D eigenvalue weighted by Crippen LogP contribution is 2.27. The molecule has 1 N–H and O–H groups in total. The van der Waals surface area contributed by atoms with E-state index < -0.39 is 28.5 Å². The van der Waals surface area contributed by atoms with Crippen LogP contribution in [-0.4, -0.2) is 50.9 Å². The van der Waals surface area contributed by atoms with E-state index in [2.05, 4.69) is 5.32 Å². The van der Waals surface area contributed by atoms with Crippen LogP contribution in [-0.2, 0) is 32.6 Å². The molecule has 2 amide bonds. The molecule has 230 valence electrons. The van der Waals surface area contributed by atoms with Crippen molar-refractivity contribution in [2.45, 2.75) is 43.8 Å². The highest BCUT2D eigenvalue weighted by molar-refractivity contribution is 7.92. The molecule has 0 aliphatic heterocycles. The molecule has 0 fully saturated rings. The van der Waals surface area contributed by atoms with E-state index in [9.17, 15) is 18.0 Å². The molecule has 0 saturated heterocycles. The summed E-state index contributed by atoms with van der Waals surface area (Å²) in [6, 6.07) is 29.7. The second-order valence-corrected chi connectivity index (χ2v) is 12.8. The fourth-order valence-corrected chi connectivity index (χ4v) is 6.39. The summed E-state index contributed by atoms with van der Waals surface area (Å²) in [5.74, 6) is -0.319. The molecule has 0 bridgehead atoms. The van der Waals surface area contributed by atoms with Crippen LogP contribution in [0, 0.1) is 0 Å². The Morgan fingerprint density at radius 3 is 2.11 bits per heavy atom. The van der Waals surface area contributed by atoms with Crippen LogP contribution < -0.4 is 14.4 Å². The Balaban J connectivity index is 1.81. The van der Waals surface area contributed by atoms with E-state index in [4.69, 9.17) is 16.3 Å². The summed E-state index contributed by atoms with van der Waals surface area (Å²) in [6.07, 6.45) is 0.220. The van der Waals surface area contributed by atoms with E-state index in [1.165, 1.54) is 23.1 Å². The number of methoxy groups -OCH3 is 1. The lowest BCUT2D eigenvalue weighted by Gasteiger charge is -2.34. The topological polar surface area (TPSA) is 96.0 Å². The van der Waals surface area contributed by atoms with Crippen molar-refractivity contribution in [3.63, 3.8) is 0 Å². The average molecular weight is 634 g/mol. The van der Waals surface area contributed by atoms with Crippen LogP contribution in [0.5, 0.6) is 5.75 Å². The summed E-state index contributed by atoms with van der Waals surface area (Å²) in [5.41, 5.74) is 1.79. The number of hydrogen-bond acceptors (Lipinski definition) is 5. The van der Waals surface area contributed by atoms with Crippen LogP contribution in [0.2, 0.25) is 5.02 Å². The van der Waals surface area contributed by atoms with Crippen molar-refractivity contribution in [2.75, 3.05) is 18.0 Å². The van der Waals surface area contributed by atoms with E-state index >= 15 is 0 Å². The molecule has 0 heterocycles. The van der Waals surface area contributed by atoms with Gasteiger partial charge in [-0.15, -0.1) is 0 Å². The monoisotopic (exact) mass is 633 g/mol. The fourth-order valence-electron chi connectivity index (χ4n) is 4.78. The average Bonchev–Trinajstić information content (AvgIpc) is 3.02. The number of carbonyl (C=O) groups is 2. The zero-order valence-electron chi connectivity index (χ0n) is 24.9. The Labute approximate surface area is 264 Å². The first-order chi connectivity index (χ1) is 21.1. The molecular formula is C34H36ClN3O5S. The molecule has 10 heteroatoms. The highest BCUT2D eigenvalue weighted by atomic mass is 35.5. The van der Waals surface area contributed by atoms with Gasteiger partial charge in [0.05, 0.1) is 17.7 Å². The molecule has 0 aromatic heterocycles. The van der Waals surface area contributed by atoms with Gasteiger partial charge in [-0.05, 0) is 67.4 Å². The Morgan fingerprint density at radius 1 is 0.841 bits per heavy atom. The van der Waals surface area contributed by atoms with Crippen molar-refractivity contribution in [1.29, 1.82) is 0 Å². The maximum Gasteiger partial charge on any atom is 0.264 e. The first kappa shape index (κ1) is 32.6. The second-order valence-electron chi connectivity index (χ2n) is 10.5. The predicted octanol–water partition coefficient (Wildman–Crippen LogP) is 5.71. The summed E-state index contributed by atoms with van der Waals surface area (Å²) in [5, 5.41) is 3.26. The lowest BCUT2D eigenvalue weighted by atomic mass is 10.0. The Hall–Kier alpha value is -4.34. The minimum absolute atomic E-state index is 0.0190. The van der Waals surface area contributed by atoms with Crippen molar-refractivity contribution in [1.82, 2.24) is 10.2 Å². The quantitative estimate of drug-likeness (QED) is 0.204. The van der Waals surface area contributed by atoms with Gasteiger partial charge in [-0.1, -0.05) is 78.3 Å². The Kier molecular flexibility index (Phi) is 11.0. The van der Waals surface area contributed by atoms with E-state index in [0.29, 0.717) is 16.3 Å². The van der Waals surface area contributed by atoms with Gasteiger partial charge in [0.25, 0.3) is 10.0 Å². The van der Waals surface area contributed by atoms with Crippen LogP contribution in [0.15, 0.2) is 114 Å². The van der Waals surface area contributed by atoms with Gasteiger partial charge in [0, 0.05) is 24.0 Å². The maximum absolute atomic E-state index is 14.4.